The maximum Gasteiger partial charge on any atom is 0.380 e. The Hall–Kier alpha value is -1.76. The van der Waals surface area contributed by atoms with Gasteiger partial charge in [0, 0.05) is 11.1 Å². The van der Waals surface area contributed by atoms with E-state index in [0.717, 1.165) is 5.69 Å². The minimum Gasteiger partial charge on any atom is -0.475 e. The third-order valence-corrected chi connectivity index (χ3v) is 2.65. The molecule has 2 aromatic heterocycles. The molecule has 14 heavy (non-hydrogen) atoms. The maximum atomic E-state index is 11.2. The molecule has 2 aromatic rings. The van der Waals surface area contributed by atoms with Gasteiger partial charge in [0.05, 0.1) is 0 Å². The SMILES string of the molecule is Cc1csc2nnc(C(=O)C(=O)O)n12. The van der Waals surface area contributed by atoms with E-state index in [1.165, 1.54) is 15.7 Å². The molecule has 0 atom stereocenters. The smallest absolute Gasteiger partial charge is 0.380 e. The number of carboxylic acids is 1. The summed E-state index contributed by atoms with van der Waals surface area (Å²) in [5.41, 5.74) is 0.750. The summed E-state index contributed by atoms with van der Waals surface area (Å²) in [5, 5.41) is 17.5. The van der Waals surface area contributed by atoms with E-state index in [2.05, 4.69) is 10.2 Å². The molecule has 1 N–H and O–H groups in total. The summed E-state index contributed by atoms with van der Waals surface area (Å²) in [6.45, 7) is 1.76. The van der Waals surface area contributed by atoms with Gasteiger partial charge in [0.25, 0.3) is 0 Å². The highest BCUT2D eigenvalue weighted by atomic mass is 32.1. The van der Waals surface area contributed by atoms with Crippen molar-refractivity contribution < 1.29 is 14.7 Å². The first-order valence-electron chi connectivity index (χ1n) is 3.68. The van der Waals surface area contributed by atoms with Crippen LogP contribution in [0.2, 0.25) is 0 Å². The molecule has 0 fully saturated rings. The number of rotatable bonds is 2. The topological polar surface area (TPSA) is 84.6 Å². The molecule has 0 aromatic carbocycles. The van der Waals surface area contributed by atoms with E-state index in [-0.39, 0.29) is 5.82 Å². The van der Waals surface area contributed by atoms with Gasteiger partial charge < -0.3 is 5.11 Å². The van der Waals surface area contributed by atoms with Gasteiger partial charge >= 0.3 is 11.8 Å². The van der Waals surface area contributed by atoms with E-state index in [4.69, 9.17) is 5.11 Å². The average molecular weight is 211 g/mol. The summed E-state index contributed by atoms with van der Waals surface area (Å²) in [5.74, 6) is -2.71. The number of aryl methyl sites for hydroxylation is 1. The molecule has 0 aliphatic rings. The van der Waals surface area contributed by atoms with Crippen LogP contribution < -0.4 is 0 Å². The van der Waals surface area contributed by atoms with Gasteiger partial charge in [-0.05, 0) is 6.92 Å². The third-order valence-electron chi connectivity index (χ3n) is 1.72. The molecule has 0 unspecified atom stereocenters. The van der Waals surface area contributed by atoms with Gasteiger partial charge in [-0.25, -0.2) is 4.79 Å². The predicted molar refractivity (Wildman–Crippen MR) is 47.6 cm³/mol. The number of carboxylic acid groups (broad SMARTS) is 1. The van der Waals surface area contributed by atoms with Gasteiger partial charge in [-0.2, -0.15) is 0 Å². The highest BCUT2D eigenvalue weighted by molar-refractivity contribution is 7.15. The predicted octanol–water partition coefficient (Wildman–Crippen LogP) is 0.367. The van der Waals surface area contributed by atoms with Gasteiger partial charge in [0.1, 0.15) is 0 Å². The van der Waals surface area contributed by atoms with Crippen LogP contribution in [0.4, 0.5) is 0 Å². The number of thiazole rings is 1. The Morgan fingerprint density at radius 2 is 2.21 bits per heavy atom. The monoisotopic (exact) mass is 211 g/mol. The fourth-order valence-electron chi connectivity index (χ4n) is 1.10. The summed E-state index contributed by atoms with van der Waals surface area (Å²) in [4.78, 5) is 22.1. The third kappa shape index (κ3) is 1.10. The molecule has 0 saturated heterocycles. The minimum absolute atomic E-state index is 0.147. The zero-order valence-electron chi connectivity index (χ0n) is 7.09. The summed E-state index contributed by atoms with van der Waals surface area (Å²) in [6.07, 6.45) is 0. The fraction of sp³-hybridized carbons (Fsp3) is 0.143. The molecule has 2 rings (SSSR count). The number of hydrogen-bond acceptors (Lipinski definition) is 5. The van der Waals surface area contributed by atoms with Crippen LogP contribution in [-0.2, 0) is 4.79 Å². The minimum atomic E-state index is -1.52. The Morgan fingerprint density at radius 1 is 1.50 bits per heavy atom. The molecule has 72 valence electrons. The summed E-state index contributed by atoms with van der Waals surface area (Å²) in [6, 6.07) is 0. The Morgan fingerprint density at radius 3 is 2.86 bits per heavy atom. The van der Waals surface area contributed by atoms with E-state index in [1.807, 2.05) is 0 Å². The molecule has 0 aliphatic heterocycles. The van der Waals surface area contributed by atoms with Crippen molar-refractivity contribution in [3.63, 3.8) is 0 Å². The fourth-order valence-corrected chi connectivity index (χ4v) is 1.90. The second-order valence-electron chi connectivity index (χ2n) is 2.65. The van der Waals surface area contributed by atoms with Crippen molar-refractivity contribution in [3.8, 4) is 0 Å². The van der Waals surface area contributed by atoms with Crippen molar-refractivity contribution >= 4 is 28.1 Å². The number of aromatic nitrogens is 3. The number of Topliss-reactive ketones (excluding diaryl/α,β-unsaturated/α-hetero) is 1. The highest BCUT2D eigenvalue weighted by Crippen LogP contribution is 2.15. The van der Waals surface area contributed by atoms with Crippen LogP contribution >= 0.6 is 11.3 Å². The molecular weight excluding hydrogens is 206 g/mol. The molecule has 0 aliphatic carbocycles. The van der Waals surface area contributed by atoms with Crippen molar-refractivity contribution in [1.82, 2.24) is 14.6 Å². The van der Waals surface area contributed by atoms with E-state index >= 15 is 0 Å². The van der Waals surface area contributed by atoms with Crippen LogP contribution in [0.5, 0.6) is 0 Å². The Labute approximate surface area is 81.8 Å². The van der Waals surface area contributed by atoms with Gasteiger partial charge in [-0.3, -0.25) is 9.20 Å². The molecule has 0 radical (unpaired) electrons. The lowest BCUT2D eigenvalue weighted by Crippen LogP contribution is -2.16. The molecule has 2 heterocycles. The van der Waals surface area contributed by atoms with Crippen LogP contribution in [0.25, 0.3) is 4.96 Å². The number of hydrogen-bond donors (Lipinski definition) is 1. The van der Waals surface area contributed by atoms with Gasteiger partial charge in [0.2, 0.25) is 10.8 Å². The zero-order chi connectivity index (χ0) is 10.3. The molecular formula is C7H5N3O3S. The van der Waals surface area contributed by atoms with Crippen LogP contribution in [-0.4, -0.2) is 31.5 Å². The number of nitrogens with zero attached hydrogens (tertiary/aromatic N) is 3. The molecule has 0 amide bonds. The first kappa shape index (κ1) is 8.82. The van der Waals surface area contributed by atoms with Crippen molar-refractivity contribution in [2.45, 2.75) is 6.92 Å². The summed E-state index contributed by atoms with van der Waals surface area (Å²) < 4.78 is 1.43. The quantitative estimate of drug-likeness (QED) is 0.573. The first-order chi connectivity index (χ1) is 6.61. The lowest BCUT2D eigenvalue weighted by Gasteiger charge is -1.92. The number of fused-ring (bicyclic) bond motifs is 1. The van der Waals surface area contributed by atoms with Gasteiger partial charge in [-0.15, -0.1) is 21.5 Å². The number of carbonyl (C=O) groups is 2. The van der Waals surface area contributed by atoms with Crippen molar-refractivity contribution in [3.05, 3.63) is 16.9 Å². The van der Waals surface area contributed by atoms with E-state index in [9.17, 15) is 9.59 Å². The standard InChI is InChI=1S/C7H5N3O3S/c1-3-2-14-7-9-8-5(10(3)7)4(11)6(12)13/h2H,1H3,(H,12,13). The Kier molecular flexibility index (Phi) is 1.81. The maximum absolute atomic E-state index is 11.2. The van der Waals surface area contributed by atoms with Crippen LogP contribution in [0.15, 0.2) is 5.38 Å². The van der Waals surface area contributed by atoms with Crippen molar-refractivity contribution in [1.29, 1.82) is 0 Å². The van der Waals surface area contributed by atoms with E-state index in [0.29, 0.717) is 4.96 Å². The Bertz CT molecular complexity index is 527. The lowest BCUT2D eigenvalue weighted by molar-refractivity contribution is -0.131. The van der Waals surface area contributed by atoms with Crippen LogP contribution in [0, 0.1) is 6.92 Å². The Balaban J connectivity index is 2.68. The van der Waals surface area contributed by atoms with E-state index in [1.54, 1.807) is 12.3 Å². The second kappa shape index (κ2) is 2.88. The average Bonchev–Trinajstić information content (AvgIpc) is 2.68. The normalized spacial score (nSPS) is 10.6. The van der Waals surface area contributed by atoms with Crippen molar-refractivity contribution in [2.75, 3.05) is 0 Å². The largest absolute Gasteiger partial charge is 0.475 e. The molecule has 0 bridgehead atoms. The van der Waals surface area contributed by atoms with Crippen LogP contribution in [0.1, 0.15) is 16.3 Å². The number of aliphatic carboxylic acids is 1. The molecule has 6 nitrogen and oxygen atoms in total. The molecule has 7 heteroatoms. The summed E-state index contributed by atoms with van der Waals surface area (Å²) in [7, 11) is 0. The van der Waals surface area contributed by atoms with Gasteiger partial charge in [-0.1, -0.05) is 0 Å². The highest BCUT2D eigenvalue weighted by Gasteiger charge is 2.22. The zero-order valence-corrected chi connectivity index (χ0v) is 7.91. The second-order valence-corrected chi connectivity index (χ2v) is 3.49. The van der Waals surface area contributed by atoms with Crippen LogP contribution in [0.3, 0.4) is 0 Å². The molecule has 0 spiro atoms. The first-order valence-corrected chi connectivity index (χ1v) is 4.56. The van der Waals surface area contributed by atoms with E-state index < -0.39 is 11.8 Å². The summed E-state index contributed by atoms with van der Waals surface area (Å²) >= 11 is 1.31. The van der Waals surface area contributed by atoms with Crippen molar-refractivity contribution in [2.24, 2.45) is 0 Å². The number of ketones is 1. The number of carbonyl (C=O) groups excluding carboxylic acids is 1. The van der Waals surface area contributed by atoms with Gasteiger partial charge in [0.15, 0.2) is 0 Å². The lowest BCUT2D eigenvalue weighted by atomic mass is 10.4. The molecule has 0 saturated carbocycles.